The number of ketones is 1. The van der Waals surface area contributed by atoms with Crippen LogP contribution in [-0.2, 0) is 19.1 Å². The first-order valence-corrected chi connectivity index (χ1v) is 10.5. The summed E-state index contributed by atoms with van der Waals surface area (Å²) in [5.74, 6) is -5.05. The van der Waals surface area contributed by atoms with E-state index in [9.17, 15) is 18.4 Å². The fourth-order valence-electron chi connectivity index (χ4n) is 3.99. The SMILES string of the molecule is CCCCC(F)(F)C(=O)/C=C/[C@@H]1C2C/C=C\CCCC(=O)OC2C[C@H]1OCC. The van der Waals surface area contributed by atoms with Gasteiger partial charge in [0.2, 0.25) is 5.78 Å². The molecule has 0 N–H and O–H groups in total. The fourth-order valence-corrected chi connectivity index (χ4v) is 3.99. The molecule has 4 nitrogen and oxygen atoms in total. The second-order valence-electron chi connectivity index (χ2n) is 7.63. The van der Waals surface area contributed by atoms with Crippen molar-refractivity contribution in [1.29, 1.82) is 0 Å². The van der Waals surface area contributed by atoms with Gasteiger partial charge in [0.15, 0.2) is 0 Å². The van der Waals surface area contributed by atoms with E-state index in [0.29, 0.717) is 38.7 Å². The van der Waals surface area contributed by atoms with E-state index in [2.05, 4.69) is 12.2 Å². The average Bonchev–Trinajstić information content (AvgIpc) is 2.97. The van der Waals surface area contributed by atoms with Gasteiger partial charge in [-0.15, -0.1) is 0 Å². The Labute approximate surface area is 166 Å². The van der Waals surface area contributed by atoms with Crippen LogP contribution in [0.4, 0.5) is 8.78 Å². The number of carbonyl (C=O) groups excluding carboxylic acids is 2. The van der Waals surface area contributed by atoms with Crippen LogP contribution in [0.15, 0.2) is 24.3 Å². The summed E-state index contributed by atoms with van der Waals surface area (Å²) in [6.45, 7) is 4.15. The van der Waals surface area contributed by atoms with E-state index in [-0.39, 0.29) is 30.0 Å². The molecule has 0 saturated heterocycles. The Morgan fingerprint density at radius 3 is 2.86 bits per heavy atom. The van der Waals surface area contributed by atoms with E-state index < -0.39 is 18.1 Å². The number of hydrogen-bond donors (Lipinski definition) is 0. The van der Waals surface area contributed by atoms with E-state index >= 15 is 0 Å². The maximum Gasteiger partial charge on any atom is 0.309 e. The largest absolute Gasteiger partial charge is 0.462 e. The van der Waals surface area contributed by atoms with Crippen LogP contribution in [0.3, 0.4) is 0 Å². The van der Waals surface area contributed by atoms with Crippen LogP contribution >= 0.6 is 0 Å². The second kappa shape index (κ2) is 10.8. The highest BCUT2D eigenvalue weighted by Gasteiger charge is 2.44. The number of halogens is 2. The maximum atomic E-state index is 14.0. The molecule has 6 heteroatoms. The van der Waals surface area contributed by atoms with Crippen molar-refractivity contribution in [3.63, 3.8) is 0 Å². The van der Waals surface area contributed by atoms with Crippen LogP contribution in [0.1, 0.15) is 65.2 Å². The number of alkyl halides is 2. The van der Waals surface area contributed by atoms with E-state index in [0.717, 1.165) is 18.9 Å². The molecule has 28 heavy (non-hydrogen) atoms. The number of ether oxygens (including phenoxy) is 2. The zero-order valence-corrected chi connectivity index (χ0v) is 16.9. The lowest BCUT2D eigenvalue weighted by atomic mass is 9.89. The second-order valence-corrected chi connectivity index (χ2v) is 7.63. The third-order valence-electron chi connectivity index (χ3n) is 5.53. The molecule has 0 aromatic rings. The van der Waals surface area contributed by atoms with Gasteiger partial charge < -0.3 is 9.47 Å². The normalized spacial score (nSPS) is 30.1. The van der Waals surface area contributed by atoms with Crippen LogP contribution in [0, 0.1) is 11.8 Å². The van der Waals surface area contributed by atoms with Gasteiger partial charge in [0.1, 0.15) is 6.10 Å². The topological polar surface area (TPSA) is 52.6 Å². The summed E-state index contributed by atoms with van der Waals surface area (Å²) >= 11 is 0. The van der Waals surface area contributed by atoms with Crippen molar-refractivity contribution >= 4 is 11.8 Å². The molecular formula is C22H32F2O4. The highest BCUT2D eigenvalue weighted by atomic mass is 19.3. The van der Waals surface area contributed by atoms with Crippen molar-refractivity contribution in [2.24, 2.45) is 11.8 Å². The van der Waals surface area contributed by atoms with Gasteiger partial charge in [0, 0.05) is 37.7 Å². The molecule has 0 aromatic heterocycles. The summed E-state index contributed by atoms with van der Waals surface area (Å²) in [4.78, 5) is 24.1. The summed E-state index contributed by atoms with van der Waals surface area (Å²) < 4.78 is 39.5. The number of carbonyl (C=O) groups is 2. The predicted molar refractivity (Wildman–Crippen MR) is 103 cm³/mol. The summed E-state index contributed by atoms with van der Waals surface area (Å²) in [5, 5.41) is 0. The molecule has 158 valence electrons. The Balaban J connectivity index is 2.18. The molecule has 4 atom stereocenters. The number of esters is 1. The van der Waals surface area contributed by atoms with Crippen LogP contribution in [0.25, 0.3) is 0 Å². The molecule has 1 fully saturated rings. The minimum Gasteiger partial charge on any atom is -0.462 e. The van der Waals surface area contributed by atoms with Crippen molar-refractivity contribution in [2.75, 3.05) is 6.61 Å². The number of fused-ring (bicyclic) bond motifs is 1. The van der Waals surface area contributed by atoms with Gasteiger partial charge >= 0.3 is 11.9 Å². The summed E-state index contributed by atoms with van der Waals surface area (Å²) in [7, 11) is 0. The van der Waals surface area contributed by atoms with Crippen molar-refractivity contribution in [3.05, 3.63) is 24.3 Å². The number of rotatable bonds is 8. The summed E-state index contributed by atoms with van der Waals surface area (Å²) in [6.07, 6.45) is 9.71. The Kier molecular flexibility index (Phi) is 8.80. The third kappa shape index (κ3) is 6.23. The molecule has 1 heterocycles. The first-order chi connectivity index (χ1) is 13.4. The Morgan fingerprint density at radius 1 is 1.36 bits per heavy atom. The molecule has 2 aliphatic rings. The summed E-state index contributed by atoms with van der Waals surface area (Å²) in [5.41, 5.74) is 0. The molecule has 0 radical (unpaired) electrons. The highest BCUT2D eigenvalue weighted by molar-refractivity contribution is 5.95. The zero-order chi connectivity index (χ0) is 20.6. The van der Waals surface area contributed by atoms with E-state index in [1.54, 1.807) is 6.08 Å². The highest BCUT2D eigenvalue weighted by Crippen LogP contribution is 2.40. The lowest BCUT2D eigenvalue weighted by molar-refractivity contribution is -0.151. The molecule has 1 aliphatic carbocycles. The van der Waals surface area contributed by atoms with Gasteiger partial charge in [-0.25, -0.2) is 0 Å². The van der Waals surface area contributed by atoms with Crippen molar-refractivity contribution in [1.82, 2.24) is 0 Å². The standard InChI is InChI=1S/C22H32F2O4/c1-3-5-14-22(23,24)20(25)13-12-17-16-10-8-6-7-9-11-21(26)28-19(16)15-18(17)27-4-2/h6,8,12-13,16-19H,3-5,7,9-11,14-15H2,1-2H3/b8-6-,13-12+/t16?,17-,18-,19?/m1/s1. The minimum absolute atomic E-state index is 0.0804. The molecule has 2 unspecified atom stereocenters. The van der Waals surface area contributed by atoms with Crippen molar-refractivity contribution in [3.8, 4) is 0 Å². The van der Waals surface area contributed by atoms with Gasteiger partial charge in [0.05, 0.1) is 6.10 Å². The average molecular weight is 398 g/mol. The van der Waals surface area contributed by atoms with E-state index in [1.807, 2.05) is 13.8 Å². The molecule has 0 aromatic carbocycles. The smallest absolute Gasteiger partial charge is 0.309 e. The Hall–Kier alpha value is -1.56. The monoisotopic (exact) mass is 398 g/mol. The zero-order valence-electron chi connectivity index (χ0n) is 16.9. The predicted octanol–water partition coefficient (Wildman–Crippen LogP) is 5.02. The summed E-state index contributed by atoms with van der Waals surface area (Å²) in [6, 6.07) is 0. The first kappa shape index (κ1) is 22.7. The fraction of sp³-hybridized carbons (Fsp3) is 0.727. The quantitative estimate of drug-likeness (QED) is 0.327. The van der Waals surface area contributed by atoms with E-state index in [1.165, 1.54) is 0 Å². The van der Waals surface area contributed by atoms with Crippen LogP contribution in [0.5, 0.6) is 0 Å². The van der Waals surface area contributed by atoms with Gasteiger partial charge in [-0.3, -0.25) is 9.59 Å². The van der Waals surface area contributed by atoms with Gasteiger partial charge in [-0.2, -0.15) is 8.78 Å². The van der Waals surface area contributed by atoms with Crippen LogP contribution in [0.2, 0.25) is 0 Å². The Bertz CT molecular complexity index is 585. The van der Waals surface area contributed by atoms with Crippen LogP contribution in [-0.4, -0.2) is 36.5 Å². The molecule has 1 aliphatic heterocycles. The number of unbranched alkanes of at least 4 members (excludes halogenated alkanes) is 1. The first-order valence-electron chi connectivity index (χ1n) is 10.5. The third-order valence-corrected chi connectivity index (χ3v) is 5.53. The van der Waals surface area contributed by atoms with E-state index in [4.69, 9.17) is 9.47 Å². The number of hydrogen-bond acceptors (Lipinski definition) is 4. The lowest BCUT2D eigenvalue weighted by Gasteiger charge is -2.24. The minimum atomic E-state index is -3.34. The van der Waals surface area contributed by atoms with Crippen molar-refractivity contribution < 1.29 is 27.8 Å². The Morgan fingerprint density at radius 2 is 2.14 bits per heavy atom. The van der Waals surface area contributed by atoms with Gasteiger partial charge in [-0.05, 0) is 38.7 Å². The molecule has 2 rings (SSSR count). The molecule has 1 saturated carbocycles. The molecule has 0 bridgehead atoms. The maximum absolute atomic E-state index is 14.0. The van der Waals surface area contributed by atoms with Gasteiger partial charge in [0.25, 0.3) is 0 Å². The van der Waals surface area contributed by atoms with Crippen molar-refractivity contribution in [2.45, 2.75) is 83.3 Å². The number of allylic oxidation sites excluding steroid dienone is 3. The molecule has 0 amide bonds. The molecular weight excluding hydrogens is 366 g/mol. The van der Waals surface area contributed by atoms with Gasteiger partial charge in [-0.1, -0.05) is 31.6 Å². The van der Waals surface area contributed by atoms with Crippen LogP contribution < -0.4 is 0 Å². The lowest BCUT2D eigenvalue weighted by Crippen LogP contribution is -2.28. The molecule has 0 spiro atoms.